The fourth-order valence-corrected chi connectivity index (χ4v) is 1.76. The second-order valence-corrected chi connectivity index (χ2v) is 3.41. The van der Waals surface area contributed by atoms with Crippen LogP contribution in [-0.2, 0) is 22.4 Å². The molecule has 0 fully saturated rings. The number of aryl methyl sites for hydroxylation is 1. The third-order valence-electron chi connectivity index (χ3n) is 2.51. The van der Waals surface area contributed by atoms with Gasteiger partial charge in [-0.1, -0.05) is 13.8 Å². The van der Waals surface area contributed by atoms with Crippen molar-refractivity contribution in [3.8, 4) is 0 Å². The van der Waals surface area contributed by atoms with Gasteiger partial charge in [0, 0.05) is 6.42 Å². The molecule has 1 unspecified atom stereocenters. The maximum Gasteiger partial charge on any atom is 0.309 e. The van der Waals surface area contributed by atoms with E-state index in [4.69, 9.17) is 9.15 Å². The predicted molar refractivity (Wildman–Crippen MR) is 60.0 cm³/mol. The Morgan fingerprint density at radius 1 is 1.62 bits per heavy atom. The van der Waals surface area contributed by atoms with Crippen LogP contribution >= 0.6 is 0 Å². The van der Waals surface area contributed by atoms with E-state index in [0.29, 0.717) is 13.0 Å². The quantitative estimate of drug-likeness (QED) is 0.725. The molecule has 1 aromatic rings. The summed E-state index contributed by atoms with van der Waals surface area (Å²) in [6.07, 6.45) is 3.71. The van der Waals surface area contributed by atoms with Crippen molar-refractivity contribution >= 4 is 5.97 Å². The monoisotopic (exact) mass is 225 g/mol. The second-order valence-electron chi connectivity index (χ2n) is 3.41. The van der Waals surface area contributed by atoms with E-state index >= 15 is 0 Å². The molecule has 0 bridgehead atoms. The first-order valence-corrected chi connectivity index (χ1v) is 5.89. The Balaban J connectivity index is 0.000000606. The lowest BCUT2D eigenvalue weighted by molar-refractivity contribution is -0.148. The minimum absolute atomic E-state index is 0.0459. The van der Waals surface area contributed by atoms with Gasteiger partial charge < -0.3 is 9.15 Å². The Hall–Kier alpha value is -1.32. The lowest BCUT2D eigenvalue weighted by atomic mass is 9.90. The molecule has 4 heteroatoms. The molecule has 1 heterocycles. The van der Waals surface area contributed by atoms with Crippen molar-refractivity contribution in [3.63, 3.8) is 0 Å². The molecule has 90 valence electrons. The number of fused-ring (bicyclic) bond motifs is 1. The van der Waals surface area contributed by atoms with Gasteiger partial charge in [0.1, 0.15) is 5.76 Å². The van der Waals surface area contributed by atoms with E-state index in [1.54, 1.807) is 0 Å². The average Bonchev–Trinajstić information content (AvgIpc) is 2.79. The molecular formula is C12H19NO3. The fraction of sp³-hybridized carbons (Fsp3) is 0.667. The largest absolute Gasteiger partial charge is 0.466 e. The Labute approximate surface area is 96.0 Å². The average molecular weight is 225 g/mol. The van der Waals surface area contributed by atoms with E-state index < -0.39 is 0 Å². The first-order chi connectivity index (χ1) is 7.81. The summed E-state index contributed by atoms with van der Waals surface area (Å²) >= 11 is 0. The smallest absolute Gasteiger partial charge is 0.309 e. The van der Waals surface area contributed by atoms with Gasteiger partial charge in [0.15, 0.2) is 6.39 Å². The zero-order chi connectivity index (χ0) is 12.0. The van der Waals surface area contributed by atoms with Crippen molar-refractivity contribution in [1.29, 1.82) is 0 Å². The van der Waals surface area contributed by atoms with Gasteiger partial charge in [-0.05, 0) is 19.8 Å². The van der Waals surface area contributed by atoms with Crippen LogP contribution < -0.4 is 0 Å². The summed E-state index contributed by atoms with van der Waals surface area (Å²) < 4.78 is 10.2. The molecule has 1 atom stereocenters. The van der Waals surface area contributed by atoms with Crippen LogP contribution in [0.2, 0.25) is 0 Å². The SMILES string of the molecule is CC.CCOC(=O)C1CCc2ncoc2C1. The summed E-state index contributed by atoms with van der Waals surface area (Å²) in [4.78, 5) is 15.5. The van der Waals surface area contributed by atoms with Crippen LogP contribution in [0.4, 0.5) is 0 Å². The maximum absolute atomic E-state index is 11.4. The van der Waals surface area contributed by atoms with E-state index in [1.807, 2.05) is 20.8 Å². The first-order valence-electron chi connectivity index (χ1n) is 5.89. The van der Waals surface area contributed by atoms with Gasteiger partial charge in [-0.25, -0.2) is 4.98 Å². The molecule has 0 aliphatic heterocycles. The van der Waals surface area contributed by atoms with Crippen LogP contribution in [0.5, 0.6) is 0 Å². The summed E-state index contributed by atoms with van der Waals surface area (Å²) in [5, 5.41) is 0. The van der Waals surface area contributed by atoms with Crippen LogP contribution in [0.1, 0.15) is 38.6 Å². The predicted octanol–water partition coefficient (Wildman–Crippen LogP) is 2.37. The molecule has 4 nitrogen and oxygen atoms in total. The normalized spacial score (nSPS) is 18.1. The number of ether oxygens (including phenoxy) is 1. The zero-order valence-electron chi connectivity index (χ0n) is 10.2. The summed E-state index contributed by atoms with van der Waals surface area (Å²) in [5.41, 5.74) is 0.991. The minimum atomic E-state index is -0.116. The number of hydrogen-bond acceptors (Lipinski definition) is 4. The van der Waals surface area contributed by atoms with E-state index in [9.17, 15) is 4.79 Å². The van der Waals surface area contributed by atoms with Gasteiger partial charge in [-0.15, -0.1) is 0 Å². The molecule has 0 amide bonds. The highest BCUT2D eigenvalue weighted by atomic mass is 16.5. The van der Waals surface area contributed by atoms with Gasteiger partial charge >= 0.3 is 5.97 Å². The van der Waals surface area contributed by atoms with Gasteiger partial charge in [0.25, 0.3) is 0 Å². The Bertz CT molecular complexity index is 333. The van der Waals surface area contributed by atoms with Gasteiger partial charge in [-0.2, -0.15) is 0 Å². The van der Waals surface area contributed by atoms with Crippen molar-refractivity contribution in [2.24, 2.45) is 5.92 Å². The van der Waals surface area contributed by atoms with Crippen LogP contribution in [0.15, 0.2) is 10.8 Å². The van der Waals surface area contributed by atoms with Gasteiger partial charge in [0.2, 0.25) is 0 Å². The highest BCUT2D eigenvalue weighted by molar-refractivity contribution is 5.73. The van der Waals surface area contributed by atoms with Crippen LogP contribution in [0, 0.1) is 5.92 Å². The zero-order valence-corrected chi connectivity index (χ0v) is 10.2. The third-order valence-corrected chi connectivity index (χ3v) is 2.51. The van der Waals surface area contributed by atoms with E-state index in [2.05, 4.69) is 4.98 Å². The summed E-state index contributed by atoms with van der Waals surface area (Å²) in [7, 11) is 0. The fourth-order valence-electron chi connectivity index (χ4n) is 1.76. The van der Waals surface area contributed by atoms with Crippen LogP contribution in [-0.4, -0.2) is 17.6 Å². The lowest BCUT2D eigenvalue weighted by Gasteiger charge is -2.18. The van der Waals surface area contributed by atoms with E-state index in [-0.39, 0.29) is 11.9 Å². The van der Waals surface area contributed by atoms with Crippen molar-refractivity contribution in [2.45, 2.75) is 40.0 Å². The van der Waals surface area contributed by atoms with Gasteiger partial charge in [-0.3, -0.25) is 4.79 Å². The van der Waals surface area contributed by atoms with Crippen molar-refractivity contribution < 1.29 is 13.9 Å². The number of rotatable bonds is 2. The second kappa shape index (κ2) is 6.30. The molecular weight excluding hydrogens is 206 g/mol. The summed E-state index contributed by atoms with van der Waals surface area (Å²) in [6.45, 7) is 6.26. The topological polar surface area (TPSA) is 52.3 Å². The standard InChI is InChI=1S/C10H13NO3.C2H6/c1-2-13-10(12)7-3-4-8-9(5-7)14-6-11-8;1-2/h6-7H,2-5H2,1H3;1-2H3. The van der Waals surface area contributed by atoms with E-state index in [1.165, 1.54) is 6.39 Å². The molecule has 1 aromatic heterocycles. The van der Waals surface area contributed by atoms with Crippen molar-refractivity contribution in [3.05, 3.63) is 17.8 Å². The number of nitrogens with zero attached hydrogens (tertiary/aromatic N) is 1. The molecule has 16 heavy (non-hydrogen) atoms. The summed E-state index contributed by atoms with van der Waals surface area (Å²) in [5.74, 6) is 0.680. The van der Waals surface area contributed by atoms with Crippen LogP contribution in [0.25, 0.3) is 0 Å². The first kappa shape index (κ1) is 12.7. The van der Waals surface area contributed by atoms with Crippen molar-refractivity contribution in [2.75, 3.05) is 6.61 Å². The molecule has 0 aromatic carbocycles. The van der Waals surface area contributed by atoms with Crippen molar-refractivity contribution in [1.82, 2.24) is 4.98 Å². The Morgan fingerprint density at radius 2 is 2.38 bits per heavy atom. The Kier molecular flexibility index (Phi) is 5.02. The molecule has 0 saturated carbocycles. The molecule has 0 saturated heterocycles. The lowest BCUT2D eigenvalue weighted by Crippen LogP contribution is -2.24. The molecule has 1 aliphatic rings. The van der Waals surface area contributed by atoms with Crippen LogP contribution in [0.3, 0.4) is 0 Å². The number of esters is 1. The number of oxazole rings is 1. The number of carbonyl (C=O) groups excluding carboxylic acids is 1. The highest BCUT2D eigenvalue weighted by Gasteiger charge is 2.28. The van der Waals surface area contributed by atoms with Gasteiger partial charge in [0.05, 0.1) is 18.2 Å². The third kappa shape index (κ3) is 2.84. The molecule has 1 aliphatic carbocycles. The van der Waals surface area contributed by atoms with E-state index in [0.717, 1.165) is 24.3 Å². The molecule has 0 spiro atoms. The molecule has 0 N–H and O–H groups in total. The highest BCUT2D eigenvalue weighted by Crippen LogP contribution is 2.25. The summed E-state index contributed by atoms with van der Waals surface area (Å²) in [6, 6.07) is 0. The number of aromatic nitrogens is 1. The molecule has 0 radical (unpaired) electrons. The number of hydrogen-bond donors (Lipinski definition) is 0. The minimum Gasteiger partial charge on any atom is -0.466 e. The Morgan fingerprint density at radius 3 is 3.06 bits per heavy atom. The maximum atomic E-state index is 11.4. The number of carbonyl (C=O) groups is 1. The molecule has 2 rings (SSSR count).